The van der Waals surface area contributed by atoms with Gasteiger partial charge in [-0.3, -0.25) is 13.9 Å². The lowest BCUT2D eigenvalue weighted by Crippen LogP contribution is -2.49. The van der Waals surface area contributed by atoms with Crippen molar-refractivity contribution in [1.82, 2.24) is 10.2 Å². The van der Waals surface area contributed by atoms with Crippen molar-refractivity contribution in [2.75, 3.05) is 17.1 Å². The van der Waals surface area contributed by atoms with E-state index in [1.165, 1.54) is 9.21 Å². The van der Waals surface area contributed by atoms with E-state index in [1.54, 1.807) is 19.1 Å². The second kappa shape index (κ2) is 13.1. The van der Waals surface area contributed by atoms with E-state index in [-0.39, 0.29) is 37.4 Å². The minimum atomic E-state index is -3.54. The Morgan fingerprint density at radius 2 is 1.72 bits per heavy atom. The predicted octanol–water partition coefficient (Wildman–Crippen LogP) is 4.84. The van der Waals surface area contributed by atoms with Gasteiger partial charge in [-0.25, -0.2) is 8.42 Å². The Kier molecular flexibility index (Phi) is 10.8. The molecule has 0 aliphatic heterocycles. The van der Waals surface area contributed by atoms with E-state index in [2.05, 4.69) is 5.32 Å². The average Bonchev–Trinajstić information content (AvgIpc) is 2.81. The molecule has 0 unspecified atom stereocenters. The third-order valence-corrected chi connectivity index (χ3v) is 7.96. The van der Waals surface area contributed by atoms with Gasteiger partial charge in [-0.05, 0) is 75.4 Å². The Hall–Kier alpha value is -2.58. The Bertz CT molecular complexity index is 1170. The van der Waals surface area contributed by atoms with Crippen LogP contribution in [0.25, 0.3) is 0 Å². The van der Waals surface area contributed by atoms with Crippen LogP contribution in [0, 0.1) is 13.8 Å². The fourth-order valence-corrected chi connectivity index (χ4v) is 4.90. The number of carbonyl (C=O) groups is 2. The molecule has 0 heterocycles. The summed E-state index contributed by atoms with van der Waals surface area (Å²) in [6.07, 6.45) is 2.32. The van der Waals surface area contributed by atoms with Gasteiger partial charge in [0, 0.05) is 30.6 Å². The van der Waals surface area contributed by atoms with E-state index in [0.29, 0.717) is 17.1 Å². The SMILES string of the molecule is CC[C@@H](C)NC(=O)[C@H](C)N(Cc1ccccc1Cl)C(=O)CCCN(c1ccc(C)c(C)c1)S(C)(=O)=O. The molecule has 0 saturated carbocycles. The van der Waals surface area contributed by atoms with Crippen LogP contribution < -0.4 is 9.62 Å². The number of benzene rings is 2. The number of rotatable bonds is 12. The van der Waals surface area contributed by atoms with Gasteiger partial charge < -0.3 is 10.2 Å². The molecule has 0 aliphatic rings. The zero-order valence-electron chi connectivity index (χ0n) is 22.0. The number of amides is 2. The first kappa shape index (κ1) is 29.6. The van der Waals surface area contributed by atoms with Crippen molar-refractivity contribution in [2.45, 2.75) is 72.5 Å². The minimum absolute atomic E-state index is 0.0153. The van der Waals surface area contributed by atoms with Crippen LogP contribution in [-0.4, -0.2) is 50.0 Å². The molecule has 0 bridgehead atoms. The molecule has 0 aliphatic carbocycles. The minimum Gasteiger partial charge on any atom is -0.352 e. The van der Waals surface area contributed by atoms with Gasteiger partial charge >= 0.3 is 0 Å². The Labute approximate surface area is 220 Å². The number of anilines is 1. The molecule has 1 N–H and O–H groups in total. The van der Waals surface area contributed by atoms with Gasteiger partial charge in [0.25, 0.3) is 0 Å². The Morgan fingerprint density at radius 3 is 2.31 bits per heavy atom. The highest BCUT2D eigenvalue weighted by Crippen LogP contribution is 2.23. The summed E-state index contributed by atoms with van der Waals surface area (Å²) in [5, 5.41) is 3.45. The molecule has 7 nitrogen and oxygen atoms in total. The lowest BCUT2D eigenvalue weighted by molar-refractivity contribution is -0.140. The number of hydrogen-bond donors (Lipinski definition) is 1. The van der Waals surface area contributed by atoms with Crippen LogP contribution >= 0.6 is 11.6 Å². The normalized spacial score (nSPS) is 13.1. The van der Waals surface area contributed by atoms with Crippen LogP contribution in [0.4, 0.5) is 5.69 Å². The smallest absolute Gasteiger partial charge is 0.242 e. The van der Waals surface area contributed by atoms with Gasteiger partial charge in [0.2, 0.25) is 21.8 Å². The number of nitrogens with one attached hydrogen (secondary N) is 1. The van der Waals surface area contributed by atoms with Crippen molar-refractivity contribution in [1.29, 1.82) is 0 Å². The first-order chi connectivity index (χ1) is 16.8. The highest BCUT2D eigenvalue weighted by atomic mass is 35.5. The van der Waals surface area contributed by atoms with Crippen LogP contribution in [0.5, 0.6) is 0 Å². The van der Waals surface area contributed by atoms with E-state index in [0.717, 1.165) is 29.4 Å². The third-order valence-electron chi connectivity index (χ3n) is 6.40. The summed E-state index contributed by atoms with van der Waals surface area (Å²) in [5.74, 6) is -0.479. The van der Waals surface area contributed by atoms with Crippen LogP contribution in [-0.2, 0) is 26.2 Å². The van der Waals surface area contributed by atoms with Gasteiger partial charge in [0.05, 0.1) is 11.9 Å². The molecular weight excluding hydrogens is 498 g/mol. The van der Waals surface area contributed by atoms with Gasteiger partial charge in [0.15, 0.2) is 0 Å². The van der Waals surface area contributed by atoms with Crippen molar-refractivity contribution in [2.24, 2.45) is 0 Å². The van der Waals surface area contributed by atoms with Crippen molar-refractivity contribution < 1.29 is 18.0 Å². The average molecular weight is 536 g/mol. The highest BCUT2D eigenvalue weighted by molar-refractivity contribution is 7.92. The summed E-state index contributed by atoms with van der Waals surface area (Å²) < 4.78 is 26.3. The van der Waals surface area contributed by atoms with Gasteiger partial charge in [-0.15, -0.1) is 0 Å². The predicted molar refractivity (Wildman–Crippen MR) is 147 cm³/mol. The number of halogens is 1. The monoisotopic (exact) mass is 535 g/mol. The molecule has 9 heteroatoms. The summed E-state index contributed by atoms with van der Waals surface area (Å²) in [6.45, 7) is 9.82. The third kappa shape index (κ3) is 8.23. The number of aryl methyl sites for hydroxylation is 2. The summed E-state index contributed by atoms with van der Waals surface area (Å²) in [5.41, 5.74) is 3.37. The maximum Gasteiger partial charge on any atom is 0.242 e. The largest absolute Gasteiger partial charge is 0.352 e. The molecule has 36 heavy (non-hydrogen) atoms. The molecule has 198 valence electrons. The number of hydrogen-bond acceptors (Lipinski definition) is 4. The Morgan fingerprint density at radius 1 is 1.06 bits per heavy atom. The quantitative estimate of drug-likeness (QED) is 0.421. The topological polar surface area (TPSA) is 86.8 Å². The van der Waals surface area contributed by atoms with Gasteiger partial charge in [-0.2, -0.15) is 0 Å². The van der Waals surface area contributed by atoms with Crippen molar-refractivity contribution >= 4 is 39.1 Å². The number of sulfonamides is 1. The lowest BCUT2D eigenvalue weighted by Gasteiger charge is -2.30. The molecule has 2 rings (SSSR count). The number of nitrogens with zero attached hydrogens (tertiary/aromatic N) is 2. The zero-order valence-corrected chi connectivity index (χ0v) is 23.6. The maximum absolute atomic E-state index is 13.4. The van der Waals surface area contributed by atoms with E-state index in [4.69, 9.17) is 11.6 Å². The molecule has 0 spiro atoms. The summed E-state index contributed by atoms with van der Waals surface area (Å²) in [6, 6.07) is 12.0. The fraction of sp³-hybridized carbons (Fsp3) is 0.481. The van der Waals surface area contributed by atoms with Gasteiger partial charge in [0.1, 0.15) is 6.04 Å². The highest BCUT2D eigenvalue weighted by Gasteiger charge is 2.27. The number of carbonyl (C=O) groups excluding carboxylic acids is 2. The Balaban J connectivity index is 2.20. The molecule has 2 atom stereocenters. The molecule has 0 radical (unpaired) electrons. The molecule has 0 saturated heterocycles. The second-order valence-electron chi connectivity index (χ2n) is 9.31. The first-order valence-electron chi connectivity index (χ1n) is 12.2. The zero-order chi connectivity index (χ0) is 27.0. The molecule has 2 aromatic rings. The van der Waals surface area contributed by atoms with E-state index < -0.39 is 16.1 Å². The molecule has 2 aromatic carbocycles. The summed E-state index contributed by atoms with van der Waals surface area (Å²) >= 11 is 6.34. The lowest BCUT2D eigenvalue weighted by atomic mass is 10.1. The van der Waals surface area contributed by atoms with Crippen LogP contribution in [0.1, 0.15) is 56.7 Å². The maximum atomic E-state index is 13.4. The molecular formula is C27H38ClN3O4S. The van der Waals surface area contributed by atoms with Crippen molar-refractivity contribution in [3.8, 4) is 0 Å². The standard InChI is InChI=1S/C27H38ClN3O4S/c1-7-21(4)29-27(33)22(5)30(18-23-11-8-9-12-25(23)28)26(32)13-10-16-31(36(6,34)35)24-15-14-19(2)20(3)17-24/h8-9,11-12,14-15,17,21-22H,7,10,13,16,18H2,1-6H3,(H,29,33)/t21-,22+/m1/s1. The van der Waals surface area contributed by atoms with E-state index in [9.17, 15) is 18.0 Å². The van der Waals surface area contributed by atoms with Crippen molar-refractivity contribution in [3.63, 3.8) is 0 Å². The van der Waals surface area contributed by atoms with Gasteiger partial charge in [-0.1, -0.05) is 42.8 Å². The summed E-state index contributed by atoms with van der Waals surface area (Å²) in [4.78, 5) is 27.7. The second-order valence-corrected chi connectivity index (χ2v) is 11.6. The first-order valence-corrected chi connectivity index (χ1v) is 14.5. The molecule has 2 amide bonds. The van der Waals surface area contributed by atoms with E-state index in [1.807, 2.05) is 58.0 Å². The fourth-order valence-electron chi connectivity index (χ4n) is 3.74. The molecule has 0 aromatic heterocycles. The van der Waals surface area contributed by atoms with Crippen LogP contribution in [0.15, 0.2) is 42.5 Å². The summed E-state index contributed by atoms with van der Waals surface area (Å²) in [7, 11) is -3.54. The van der Waals surface area contributed by atoms with Crippen LogP contribution in [0.3, 0.4) is 0 Å². The molecule has 0 fully saturated rings. The van der Waals surface area contributed by atoms with E-state index >= 15 is 0 Å². The van der Waals surface area contributed by atoms with Crippen molar-refractivity contribution in [3.05, 3.63) is 64.2 Å². The van der Waals surface area contributed by atoms with Crippen LogP contribution in [0.2, 0.25) is 5.02 Å².